The van der Waals surface area contributed by atoms with Gasteiger partial charge in [-0.1, -0.05) is 0 Å². The van der Waals surface area contributed by atoms with Gasteiger partial charge in [0.2, 0.25) is 0 Å². The lowest BCUT2D eigenvalue weighted by molar-refractivity contribution is -0.138. The number of amides is 4. The van der Waals surface area contributed by atoms with Crippen molar-refractivity contribution in [1.82, 2.24) is 9.80 Å². The minimum absolute atomic E-state index is 0.0990. The zero-order valence-corrected chi connectivity index (χ0v) is 22.1. The Bertz CT molecular complexity index is 2040. The Balaban J connectivity index is 1.95. The molecule has 0 aliphatic carbocycles. The molecule has 2 aliphatic heterocycles. The molecule has 212 valence electrons. The summed E-state index contributed by atoms with van der Waals surface area (Å²) >= 11 is 0. The van der Waals surface area contributed by atoms with Crippen molar-refractivity contribution in [3.63, 3.8) is 0 Å². The fourth-order valence-corrected chi connectivity index (χ4v) is 6.73. The molecule has 5 aromatic carbocycles. The van der Waals surface area contributed by atoms with Gasteiger partial charge in [0.1, 0.15) is 0 Å². The summed E-state index contributed by atoms with van der Waals surface area (Å²) in [6.07, 6.45) is -10.5. The molecule has 0 N–H and O–H groups in total. The van der Waals surface area contributed by atoms with E-state index in [1.54, 1.807) is 0 Å². The lowest BCUT2D eigenvalue weighted by atomic mass is 9.77. The fraction of sp³-hybridized carbons (Fsp3) is 0.200. The Morgan fingerprint density at radius 2 is 0.738 bits per heavy atom. The van der Waals surface area contributed by atoms with Gasteiger partial charge in [-0.05, 0) is 70.8 Å². The first-order valence-corrected chi connectivity index (χ1v) is 12.5. The summed E-state index contributed by atoms with van der Waals surface area (Å²) in [6.45, 7) is 3.01. The van der Waals surface area contributed by atoms with Gasteiger partial charge in [-0.2, -0.15) is 26.3 Å². The number of halogens is 6. The van der Waals surface area contributed by atoms with E-state index in [0.29, 0.717) is 21.9 Å². The van der Waals surface area contributed by atoms with Crippen LogP contribution in [0, 0.1) is 13.8 Å². The normalized spacial score (nSPS) is 16.0. The maximum absolute atomic E-state index is 14.8. The zero-order valence-electron chi connectivity index (χ0n) is 22.1. The molecule has 0 saturated carbocycles. The number of fused-ring (bicyclic) bond motifs is 2. The molecule has 0 atom stereocenters. The molecule has 0 fully saturated rings. The van der Waals surface area contributed by atoms with Crippen LogP contribution in [0.5, 0.6) is 0 Å². The number of hydrogen-bond donors (Lipinski definition) is 0. The lowest BCUT2D eigenvalue weighted by Crippen LogP contribution is -2.37. The van der Waals surface area contributed by atoms with Crippen LogP contribution in [0.15, 0.2) is 24.3 Å². The van der Waals surface area contributed by atoms with Crippen molar-refractivity contribution in [2.75, 3.05) is 14.1 Å². The molecule has 7 rings (SSSR count). The molecule has 0 radical (unpaired) electrons. The highest BCUT2D eigenvalue weighted by molar-refractivity contribution is 6.43. The van der Waals surface area contributed by atoms with Crippen molar-refractivity contribution in [2.45, 2.75) is 26.2 Å². The topological polar surface area (TPSA) is 74.8 Å². The molecular formula is C30H16F6N2O4. The fourth-order valence-electron chi connectivity index (χ4n) is 6.73. The van der Waals surface area contributed by atoms with Crippen molar-refractivity contribution in [3.8, 4) is 0 Å². The van der Waals surface area contributed by atoms with Gasteiger partial charge in [0, 0.05) is 57.9 Å². The SMILES string of the molecule is Cc1cc2c3c(cc(C(F)(F)F)c4c5c(C(F)(F)F)cc6c7c(cc(C)c(c1c34)c75)C(=O)N(C)C6=O)C(=O)N(C)C2=O. The summed E-state index contributed by atoms with van der Waals surface area (Å²) in [4.78, 5) is 54.0. The van der Waals surface area contributed by atoms with Crippen molar-refractivity contribution < 1.29 is 45.5 Å². The summed E-state index contributed by atoms with van der Waals surface area (Å²) in [5, 5.41) is -2.47. The van der Waals surface area contributed by atoms with Gasteiger partial charge < -0.3 is 0 Å². The minimum Gasteiger partial charge on any atom is -0.277 e. The number of nitrogens with zero attached hydrogens (tertiary/aromatic N) is 2. The van der Waals surface area contributed by atoms with Crippen molar-refractivity contribution in [2.24, 2.45) is 0 Å². The molecule has 0 bridgehead atoms. The van der Waals surface area contributed by atoms with E-state index in [9.17, 15) is 45.5 Å². The van der Waals surface area contributed by atoms with Gasteiger partial charge in [-0.25, -0.2) is 0 Å². The highest BCUT2D eigenvalue weighted by atomic mass is 19.4. The van der Waals surface area contributed by atoms with E-state index in [-0.39, 0.29) is 54.6 Å². The van der Waals surface area contributed by atoms with Crippen LogP contribution < -0.4 is 0 Å². The average Bonchev–Trinajstić information content (AvgIpc) is 2.90. The summed E-state index contributed by atoms with van der Waals surface area (Å²) < 4.78 is 89.1. The third kappa shape index (κ3) is 2.91. The average molecular weight is 582 g/mol. The van der Waals surface area contributed by atoms with Gasteiger partial charge in [0.25, 0.3) is 23.6 Å². The van der Waals surface area contributed by atoms with Gasteiger partial charge in [0.15, 0.2) is 0 Å². The van der Waals surface area contributed by atoms with Crippen LogP contribution in [0.4, 0.5) is 26.3 Å². The number of aryl methyl sites for hydroxylation is 2. The summed E-state index contributed by atoms with van der Waals surface area (Å²) in [5.74, 6) is -3.67. The Hall–Kier alpha value is -4.74. The van der Waals surface area contributed by atoms with E-state index in [2.05, 4.69) is 0 Å². The van der Waals surface area contributed by atoms with Crippen molar-refractivity contribution in [3.05, 3.63) is 68.8 Å². The van der Waals surface area contributed by atoms with Crippen molar-refractivity contribution in [1.29, 1.82) is 0 Å². The van der Waals surface area contributed by atoms with Crippen LogP contribution >= 0.6 is 0 Å². The number of rotatable bonds is 0. The highest BCUT2D eigenvalue weighted by Crippen LogP contribution is 2.54. The first-order chi connectivity index (χ1) is 19.5. The van der Waals surface area contributed by atoms with Crippen LogP contribution in [0.25, 0.3) is 43.1 Å². The minimum atomic E-state index is -5.23. The van der Waals surface area contributed by atoms with E-state index in [4.69, 9.17) is 0 Å². The van der Waals surface area contributed by atoms with Gasteiger partial charge in [-0.15, -0.1) is 0 Å². The third-order valence-corrected chi connectivity index (χ3v) is 8.45. The number of hydrogen-bond acceptors (Lipinski definition) is 4. The molecule has 12 heteroatoms. The molecule has 2 heterocycles. The molecule has 0 unspecified atom stereocenters. The van der Waals surface area contributed by atoms with Crippen LogP contribution in [0.2, 0.25) is 0 Å². The van der Waals surface area contributed by atoms with E-state index >= 15 is 0 Å². The predicted octanol–water partition coefficient (Wildman–Crippen LogP) is 6.84. The second kappa shape index (κ2) is 7.55. The molecular weight excluding hydrogens is 566 g/mol. The summed E-state index contributed by atoms with van der Waals surface area (Å²) in [6, 6.07) is 3.78. The molecule has 0 saturated heterocycles. The molecule has 0 spiro atoms. The van der Waals surface area contributed by atoms with Crippen LogP contribution in [0.3, 0.4) is 0 Å². The third-order valence-electron chi connectivity index (χ3n) is 8.45. The summed E-state index contributed by atoms with van der Waals surface area (Å²) in [5.41, 5.74) is -3.63. The summed E-state index contributed by atoms with van der Waals surface area (Å²) in [7, 11) is 2.23. The lowest BCUT2D eigenvalue weighted by Gasteiger charge is -2.31. The molecule has 5 aromatic rings. The molecule has 0 aromatic heterocycles. The largest absolute Gasteiger partial charge is 0.417 e. The second-order valence-electron chi connectivity index (χ2n) is 10.8. The molecule has 4 amide bonds. The molecule has 42 heavy (non-hydrogen) atoms. The van der Waals surface area contributed by atoms with Crippen LogP contribution in [-0.2, 0) is 12.4 Å². The number of alkyl halides is 6. The second-order valence-corrected chi connectivity index (χ2v) is 10.8. The Morgan fingerprint density at radius 1 is 0.452 bits per heavy atom. The van der Waals surface area contributed by atoms with Crippen molar-refractivity contribution >= 4 is 66.7 Å². The van der Waals surface area contributed by atoms with E-state index in [1.165, 1.54) is 26.0 Å². The van der Waals surface area contributed by atoms with Gasteiger partial charge >= 0.3 is 12.4 Å². The zero-order chi connectivity index (χ0) is 30.5. The Morgan fingerprint density at radius 3 is 1.02 bits per heavy atom. The number of benzene rings is 5. The smallest absolute Gasteiger partial charge is 0.277 e. The monoisotopic (exact) mass is 582 g/mol. The highest BCUT2D eigenvalue weighted by Gasteiger charge is 2.44. The Kier molecular flexibility index (Phi) is 4.71. The van der Waals surface area contributed by atoms with E-state index in [1.807, 2.05) is 0 Å². The van der Waals surface area contributed by atoms with Gasteiger partial charge in [0.05, 0.1) is 11.1 Å². The number of carbonyl (C=O) groups is 4. The first kappa shape index (κ1) is 26.2. The van der Waals surface area contributed by atoms with Crippen LogP contribution in [0.1, 0.15) is 63.7 Å². The van der Waals surface area contributed by atoms with E-state index < -0.39 is 69.0 Å². The maximum Gasteiger partial charge on any atom is 0.417 e. The first-order valence-electron chi connectivity index (χ1n) is 12.5. The quantitative estimate of drug-likeness (QED) is 0.0867. The molecule has 6 nitrogen and oxygen atoms in total. The maximum atomic E-state index is 14.8. The standard InChI is InChI=1S/C30H16F6N2O4/c1-9-5-11-19-13(27(41)37(3)25(11)39)7-15(29(31,32)33)21-22-16(30(34,35)36)8-14-20-12(26(40)38(4)28(14)42)6-10(2)18(24(20)22)17(9)23(19)21/h5-8H,1-4H3. The van der Waals surface area contributed by atoms with Crippen LogP contribution in [-0.4, -0.2) is 47.5 Å². The Labute approximate surface area is 231 Å². The molecule has 2 aliphatic rings. The van der Waals surface area contributed by atoms with E-state index in [0.717, 1.165) is 14.1 Å². The predicted molar refractivity (Wildman–Crippen MR) is 140 cm³/mol. The number of imide groups is 2. The van der Waals surface area contributed by atoms with Gasteiger partial charge in [-0.3, -0.25) is 29.0 Å². The number of carbonyl (C=O) groups excluding carboxylic acids is 4.